The highest BCUT2D eigenvalue weighted by Gasteiger charge is 2.44. The van der Waals surface area contributed by atoms with Gasteiger partial charge in [-0.15, -0.1) is 0 Å². The molecule has 0 spiro atoms. The summed E-state index contributed by atoms with van der Waals surface area (Å²) < 4.78 is 27.1. The second-order valence-electron chi connectivity index (χ2n) is 8.53. The van der Waals surface area contributed by atoms with Crippen LogP contribution in [-0.4, -0.2) is 34.7 Å². The normalized spacial score (nSPS) is 16.2. The number of aryl methyl sites for hydroxylation is 1. The van der Waals surface area contributed by atoms with Gasteiger partial charge in [0.1, 0.15) is 11.3 Å². The van der Waals surface area contributed by atoms with Gasteiger partial charge in [0.2, 0.25) is 0 Å². The third kappa shape index (κ3) is 3.96. The molecule has 0 bridgehead atoms. The number of carbonyl (C=O) groups is 1. The third-order valence-corrected chi connectivity index (χ3v) is 8.37. The molecule has 0 aliphatic heterocycles. The minimum Gasteiger partial charge on any atom is -0.362 e. The van der Waals surface area contributed by atoms with Crippen molar-refractivity contribution in [2.45, 2.75) is 51.3 Å². The fraction of sp³-hybridized carbons (Fsp3) is 0.435. The topological polar surface area (TPSA) is 94.0 Å². The average molecular weight is 441 g/mol. The van der Waals surface area contributed by atoms with Crippen LogP contribution >= 0.6 is 0 Å². The van der Waals surface area contributed by atoms with E-state index in [1.54, 1.807) is 30.3 Å². The number of nitrogens with zero attached hydrogens (tertiary/aromatic N) is 3. The fourth-order valence-corrected chi connectivity index (χ4v) is 5.65. The number of carbonyl (C=O) groups excluding carboxylic acids is 1. The van der Waals surface area contributed by atoms with Gasteiger partial charge in [-0.1, -0.05) is 44.4 Å². The van der Waals surface area contributed by atoms with E-state index in [4.69, 9.17) is 0 Å². The number of anilines is 1. The number of rotatable bonds is 8. The monoisotopic (exact) mass is 440 g/mol. The molecule has 0 unspecified atom stereocenters. The highest BCUT2D eigenvalue weighted by molar-refractivity contribution is 7.90. The Morgan fingerprint density at radius 3 is 2.48 bits per heavy atom. The number of ketones is 1. The van der Waals surface area contributed by atoms with Gasteiger partial charge < -0.3 is 5.32 Å². The Balaban J connectivity index is 1.47. The maximum Gasteiger partial charge on any atom is 0.269 e. The zero-order chi connectivity index (χ0) is 22.2. The van der Waals surface area contributed by atoms with Crippen LogP contribution in [0.1, 0.15) is 45.1 Å². The first-order valence-corrected chi connectivity index (χ1v) is 12.1. The summed E-state index contributed by atoms with van der Waals surface area (Å²) in [4.78, 5) is 21.4. The predicted molar refractivity (Wildman–Crippen MR) is 121 cm³/mol. The molecule has 0 amide bonds. The van der Waals surface area contributed by atoms with E-state index in [9.17, 15) is 13.2 Å². The van der Waals surface area contributed by atoms with E-state index in [0.717, 1.165) is 35.2 Å². The van der Waals surface area contributed by atoms with Crippen LogP contribution in [0.2, 0.25) is 0 Å². The Morgan fingerprint density at radius 1 is 1.16 bits per heavy atom. The van der Waals surface area contributed by atoms with Crippen molar-refractivity contribution in [2.24, 2.45) is 11.3 Å². The molecular formula is C23H28N4O3S. The molecule has 2 aromatic heterocycles. The lowest BCUT2D eigenvalue weighted by Crippen LogP contribution is -2.42. The van der Waals surface area contributed by atoms with Crippen molar-refractivity contribution < 1.29 is 13.2 Å². The van der Waals surface area contributed by atoms with Gasteiger partial charge in [-0.3, -0.25) is 4.79 Å². The van der Waals surface area contributed by atoms with Gasteiger partial charge >= 0.3 is 0 Å². The molecular weight excluding hydrogens is 412 g/mol. The van der Waals surface area contributed by atoms with Crippen molar-refractivity contribution >= 4 is 32.8 Å². The SMILES string of the molecule is CCC1(CC)CC(C(=O)CNc2cnc3c(ccn3S(=O)(=O)c3ccc(C)cc3)n2)C1. The highest BCUT2D eigenvalue weighted by atomic mass is 32.2. The second kappa shape index (κ2) is 8.07. The lowest BCUT2D eigenvalue weighted by atomic mass is 9.58. The molecule has 2 heterocycles. The van der Waals surface area contributed by atoms with Crippen molar-refractivity contribution in [3.63, 3.8) is 0 Å². The molecule has 7 nitrogen and oxygen atoms in total. The standard InChI is InChI=1S/C23H28N4O3S/c1-4-23(5-2)12-17(13-23)20(28)14-24-21-15-25-22-19(26-21)10-11-27(22)31(29,30)18-8-6-16(3)7-9-18/h6-11,15,17H,4-5,12-14H2,1-3H3,(H,24,26). The van der Waals surface area contributed by atoms with Crippen LogP contribution in [0.15, 0.2) is 47.6 Å². The lowest BCUT2D eigenvalue weighted by Gasteiger charge is -2.46. The summed E-state index contributed by atoms with van der Waals surface area (Å²) >= 11 is 0. The quantitative estimate of drug-likeness (QED) is 0.565. The summed E-state index contributed by atoms with van der Waals surface area (Å²) in [7, 11) is -3.76. The Hall–Kier alpha value is -2.74. The first-order valence-electron chi connectivity index (χ1n) is 10.7. The first kappa shape index (κ1) is 21.5. The van der Waals surface area contributed by atoms with E-state index >= 15 is 0 Å². The summed E-state index contributed by atoms with van der Waals surface area (Å²) in [6.07, 6.45) is 7.09. The van der Waals surface area contributed by atoms with Gasteiger partial charge in [-0.2, -0.15) is 0 Å². The number of hydrogen-bond acceptors (Lipinski definition) is 6. The number of aromatic nitrogens is 3. The van der Waals surface area contributed by atoms with E-state index < -0.39 is 10.0 Å². The van der Waals surface area contributed by atoms with Crippen LogP contribution in [0, 0.1) is 18.3 Å². The summed E-state index contributed by atoms with van der Waals surface area (Å²) in [5, 5.41) is 3.05. The zero-order valence-electron chi connectivity index (χ0n) is 18.1. The van der Waals surface area contributed by atoms with Crippen LogP contribution in [0.25, 0.3) is 11.2 Å². The van der Waals surface area contributed by atoms with Gasteiger partial charge in [-0.05, 0) is 43.4 Å². The van der Waals surface area contributed by atoms with Gasteiger partial charge in [0.15, 0.2) is 11.4 Å². The molecule has 31 heavy (non-hydrogen) atoms. The van der Waals surface area contributed by atoms with E-state index in [1.807, 2.05) is 6.92 Å². The van der Waals surface area contributed by atoms with Gasteiger partial charge in [-0.25, -0.2) is 22.4 Å². The second-order valence-corrected chi connectivity index (χ2v) is 10.3. The summed E-state index contributed by atoms with van der Waals surface area (Å²) in [6.45, 7) is 6.49. The molecule has 4 rings (SSSR count). The molecule has 164 valence electrons. The molecule has 1 aliphatic rings. The number of hydrogen-bond donors (Lipinski definition) is 1. The average Bonchev–Trinajstić information content (AvgIpc) is 3.16. The van der Waals surface area contributed by atoms with Crippen molar-refractivity contribution in [1.82, 2.24) is 13.9 Å². The molecule has 1 saturated carbocycles. The Labute approximate surface area is 183 Å². The summed E-state index contributed by atoms with van der Waals surface area (Å²) in [5.41, 5.74) is 2.03. The maximum absolute atomic E-state index is 13.0. The Kier molecular flexibility index (Phi) is 5.60. The summed E-state index contributed by atoms with van der Waals surface area (Å²) in [6, 6.07) is 8.30. The van der Waals surface area contributed by atoms with E-state index in [1.165, 1.54) is 12.4 Å². The number of Topliss-reactive ketones (excluding diaryl/α,β-unsaturated/α-hetero) is 1. The Bertz CT molecular complexity index is 1200. The fourth-order valence-electron chi connectivity index (χ4n) is 4.35. The molecule has 0 radical (unpaired) electrons. The smallest absolute Gasteiger partial charge is 0.269 e. The Morgan fingerprint density at radius 2 is 1.84 bits per heavy atom. The van der Waals surface area contributed by atoms with Crippen LogP contribution < -0.4 is 5.32 Å². The van der Waals surface area contributed by atoms with Crippen LogP contribution in [0.5, 0.6) is 0 Å². The largest absolute Gasteiger partial charge is 0.362 e. The van der Waals surface area contributed by atoms with E-state index in [-0.39, 0.29) is 28.8 Å². The maximum atomic E-state index is 13.0. The predicted octanol–water partition coefficient (Wildman–Crippen LogP) is 4.17. The number of benzene rings is 1. The lowest BCUT2D eigenvalue weighted by molar-refractivity contribution is -0.128. The molecule has 1 aliphatic carbocycles. The first-order chi connectivity index (χ1) is 14.8. The molecule has 0 atom stereocenters. The molecule has 0 saturated heterocycles. The van der Waals surface area contributed by atoms with Crippen molar-refractivity contribution in [2.75, 3.05) is 11.9 Å². The summed E-state index contributed by atoms with van der Waals surface area (Å²) in [5.74, 6) is 0.770. The zero-order valence-corrected chi connectivity index (χ0v) is 18.9. The highest BCUT2D eigenvalue weighted by Crippen LogP contribution is 2.50. The van der Waals surface area contributed by atoms with Crippen molar-refractivity contribution in [3.05, 3.63) is 48.3 Å². The van der Waals surface area contributed by atoms with Crippen molar-refractivity contribution in [3.8, 4) is 0 Å². The van der Waals surface area contributed by atoms with E-state index in [0.29, 0.717) is 16.7 Å². The van der Waals surface area contributed by atoms with Crippen molar-refractivity contribution in [1.29, 1.82) is 0 Å². The molecule has 8 heteroatoms. The molecule has 1 aromatic carbocycles. The van der Waals surface area contributed by atoms with Crippen LogP contribution in [-0.2, 0) is 14.8 Å². The minimum absolute atomic E-state index is 0.116. The molecule has 3 aromatic rings. The third-order valence-electron chi connectivity index (χ3n) is 6.69. The van der Waals surface area contributed by atoms with E-state index in [2.05, 4.69) is 29.1 Å². The van der Waals surface area contributed by atoms with Crippen LogP contribution in [0.3, 0.4) is 0 Å². The number of nitrogens with one attached hydrogen (secondary N) is 1. The van der Waals surface area contributed by atoms with Crippen LogP contribution in [0.4, 0.5) is 5.82 Å². The number of fused-ring (bicyclic) bond motifs is 1. The molecule has 1 N–H and O–H groups in total. The molecule has 1 fully saturated rings. The van der Waals surface area contributed by atoms with Gasteiger partial charge in [0, 0.05) is 12.1 Å². The van der Waals surface area contributed by atoms with Gasteiger partial charge in [0.25, 0.3) is 10.0 Å². The minimum atomic E-state index is -3.76. The van der Waals surface area contributed by atoms with Gasteiger partial charge in [0.05, 0.1) is 17.6 Å².